The van der Waals surface area contributed by atoms with Gasteiger partial charge in [-0.25, -0.2) is 0 Å². The van der Waals surface area contributed by atoms with E-state index in [2.05, 4.69) is 9.97 Å². The molecule has 0 bridgehead atoms. The number of aromatic nitrogens is 2. The van der Waals surface area contributed by atoms with Gasteiger partial charge in [0, 0.05) is 12.4 Å². The SMILES string of the molecule is Cc1cc[nH]c1C(=O)C(=O)c1[nH]ccc1C. The summed E-state index contributed by atoms with van der Waals surface area (Å²) in [6.07, 6.45) is 3.30. The summed E-state index contributed by atoms with van der Waals surface area (Å²) in [5, 5.41) is 0. The predicted molar refractivity (Wildman–Crippen MR) is 59.7 cm³/mol. The van der Waals surface area contributed by atoms with Crippen molar-refractivity contribution in [3.05, 3.63) is 47.0 Å². The summed E-state index contributed by atoms with van der Waals surface area (Å²) in [5.41, 5.74) is 2.28. The maximum absolute atomic E-state index is 11.9. The lowest BCUT2D eigenvalue weighted by Gasteiger charge is -1.99. The third kappa shape index (κ3) is 1.58. The Hall–Kier alpha value is -2.10. The van der Waals surface area contributed by atoms with Crippen LogP contribution in [0.2, 0.25) is 0 Å². The number of H-pyrrole nitrogens is 2. The van der Waals surface area contributed by atoms with Gasteiger partial charge in [-0.3, -0.25) is 9.59 Å². The van der Waals surface area contributed by atoms with Crippen LogP contribution in [0.15, 0.2) is 24.5 Å². The molecule has 0 aliphatic rings. The van der Waals surface area contributed by atoms with E-state index in [-0.39, 0.29) is 0 Å². The second kappa shape index (κ2) is 3.81. The molecule has 0 radical (unpaired) electrons. The molecule has 0 fully saturated rings. The molecule has 0 unspecified atom stereocenters. The molecule has 0 aliphatic heterocycles. The van der Waals surface area contributed by atoms with Gasteiger partial charge in [-0.2, -0.15) is 0 Å². The predicted octanol–water partition coefficient (Wildman–Crippen LogP) is 2.03. The van der Waals surface area contributed by atoms with Crippen LogP contribution in [0.1, 0.15) is 32.1 Å². The van der Waals surface area contributed by atoms with Gasteiger partial charge in [0.1, 0.15) is 0 Å². The molecule has 82 valence electrons. The molecule has 4 nitrogen and oxygen atoms in total. The Kier molecular flexibility index (Phi) is 2.48. The highest BCUT2D eigenvalue weighted by Crippen LogP contribution is 2.12. The average molecular weight is 216 g/mol. The first kappa shape index (κ1) is 10.4. The number of nitrogens with one attached hydrogen (secondary N) is 2. The first-order valence-corrected chi connectivity index (χ1v) is 4.98. The smallest absolute Gasteiger partial charge is 0.251 e. The van der Waals surface area contributed by atoms with Crippen molar-refractivity contribution in [2.75, 3.05) is 0 Å². The number of aromatic amines is 2. The van der Waals surface area contributed by atoms with Crippen LogP contribution in [-0.2, 0) is 0 Å². The average Bonchev–Trinajstić information content (AvgIpc) is 2.85. The summed E-state index contributed by atoms with van der Waals surface area (Å²) in [5.74, 6) is -1.01. The molecule has 0 amide bonds. The normalized spacial score (nSPS) is 10.4. The molecule has 16 heavy (non-hydrogen) atoms. The highest BCUT2D eigenvalue weighted by molar-refractivity contribution is 6.48. The number of aryl methyl sites for hydroxylation is 2. The maximum atomic E-state index is 11.9. The van der Waals surface area contributed by atoms with E-state index in [1.54, 1.807) is 38.4 Å². The Balaban J connectivity index is 2.34. The molecule has 0 aromatic carbocycles. The van der Waals surface area contributed by atoms with Crippen molar-refractivity contribution in [3.63, 3.8) is 0 Å². The van der Waals surface area contributed by atoms with Crippen LogP contribution in [0.25, 0.3) is 0 Å². The molecule has 4 heteroatoms. The maximum Gasteiger partial charge on any atom is 0.251 e. The van der Waals surface area contributed by atoms with E-state index in [9.17, 15) is 9.59 Å². The second-order valence-corrected chi connectivity index (χ2v) is 3.73. The molecule has 0 saturated carbocycles. The third-order valence-corrected chi connectivity index (χ3v) is 2.57. The van der Waals surface area contributed by atoms with Gasteiger partial charge in [-0.1, -0.05) is 0 Å². The Morgan fingerprint density at radius 3 is 1.50 bits per heavy atom. The van der Waals surface area contributed by atoms with E-state index in [4.69, 9.17) is 0 Å². The molecule has 0 atom stereocenters. The number of ketones is 2. The van der Waals surface area contributed by atoms with Gasteiger partial charge in [-0.05, 0) is 37.1 Å². The van der Waals surface area contributed by atoms with Gasteiger partial charge in [-0.15, -0.1) is 0 Å². The molecule has 2 aromatic heterocycles. The van der Waals surface area contributed by atoms with E-state index in [1.165, 1.54) is 0 Å². The van der Waals surface area contributed by atoms with Crippen molar-refractivity contribution in [3.8, 4) is 0 Å². The molecule has 2 N–H and O–H groups in total. The summed E-state index contributed by atoms with van der Waals surface area (Å²) in [6, 6.07) is 3.53. The standard InChI is InChI=1S/C12H12N2O2/c1-7-3-5-13-9(7)11(15)12(16)10-8(2)4-6-14-10/h3-6,13-14H,1-2H3. The summed E-state index contributed by atoms with van der Waals surface area (Å²) >= 11 is 0. The number of carbonyl (C=O) groups excluding carboxylic acids is 2. The summed E-state index contributed by atoms with van der Waals surface area (Å²) < 4.78 is 0. The Labute approximate surface area is 92.7 Å². The quantitative estimate of drug-likeness (QED) is 0.609. The minimum Gasteiger partial charge on any atom is -0.358 e. The fraction of sp³-hybridized carbons (Fsp3) is 0.167. The number of hydrogen-bond donors (Lipinski definition) is 2. The number of carbonyl (C=O) groups is 2. The van der Waals surface area contributed by atoms with Gasteiger partial charge in [0.15, 0.2) is 0 Å². The minimum absolute atomic E-state index is 0.360. The molecule has 0 spiro atoms. The summed E-state index contributed by atoms with van der Waals surface area (Å²) in [7, 11) is 0. The molecular weight excluding hydrogens is 204 g/mol. The lowest BCUT2D eigenvalue weighted by Crippen LogP contribution is -2.17. The van der Waals surface area contributed by atoms with Crippen LogP contribution in [-0.4, -0.2) is 21.5 Å². The fourth-order valence-electron chi connectivity index (χ4n) is 1.61. The van der Waals surface area contributed by atoms with E-state index >= 15 is 0 Å². The highest BCUT2D eigenvalue weighted by Gasteiger charge is 2.22. The zero-order chi connectivity index (χ0) is 11.7. The van der Waals surface area contributed by atoms with Crippen LogP contribution < -0.4 is 0 Å². The monoisotopic (exact) mass is 216 g/mol. The Bertz CT molecular complexity index is 499. The number of hydrogen-bond acceptors (Lipinski definition) is 2. The van der Waals surface area contributed by atoms with E-state index in [0.717, 1.165) is 11.1 Å². The summed E-state index contributed by atoms with van der Waals surface area (Å²) in [4.78, 5) is 29.3. The topological polar surface area (TPSA) is 65.7 Å². The van der Waals surface area contributed by atoms with Crippen LogP contribution in [0.5, 0.6) is 0 Å². The van der Waals surface area contributed by atoms with Crippen molar-refractivity contribution < 1.29 is 9.59 Å². The lowest BCUT2D eigenvalue weighted by atomic mass is 10.1. The van der Waals surface area contributed by atoms with E-state index < -0.39 is 11.6 Å². The lowest BCUT2D eigenvalue weighted by molar-refractivity contribution is 0.0811. The largest absolute Gasteiger partial charge is 0.358 e. The first-order valence-electron chi connectivity index (χ1n) is 4.98. The summed E-state index contributed by atoms with van der Waals surface area (Å²) in [6.45, 7) is 3.58. The van der Waals surface area contributed by atoms with E-state index in [1.807, 2.05) is 0 Å². The second-order valence-electron chi connectivity index (χ2n) is 3.73. The Morgan fingerprint density at radius 1 is 0.875 bits per heavy atom. The molecule has 2 aromatic rings. The van der Waals surface area contributed by atoms with E-state index in [0.29, 0.717) is 11.4 Å². The van der Waals surface area contributed by atoms with Gasteiger partial charge >= 0.3 is 0 Å². The van der Waals surface area contributed by atoms with Crippen LogP contribution in [0.4, 0.5) is 0 Å². The first-order chi connectivity index (χ1) is 7.61. The van der Waals surface area contributed by atoms with Crippen molar-refractivity contribution >= 4 is 11.6 Å². The van der Waals surface area contributed by atoms with Gasteiger partial charge in [0.2, 0.25) is 0 Å². The molecule has 0 saturated heterocycles. The fourth-order valence-corrected chi connectivity index (χ4v) is 1.61. The van der Waals surface area contributed by atoms with Crippen LogP contribution in [0, 0.1) is 13.8 Å². The molecule has 2 rings (SSSR count). The van der Waals surface area contributed by atoms with Crippen molar-refractivity contribution in [1.82, 2.24) is 9.97 Å². The van der Waals surface area contributed by atoms with Crippen LogP contribution >= 0.6 is 0 Å². The molecule has 0 aliphatic carbocycles. The van der Waals surface area contributed by atoms with Gasteiger partial charge in [0.25, 0.3) is 11.6 Å². The number of Topliss-reactive ketones (excluding diaryl/α,β-unsaturated/α-hetero) is 2. The Morgan fingerprint density at radius 2 is 1.25 bits per heavy atom. The highest BCUT2D eigenvalue weighted by atomic mass is 16.2. The van der Waals surface area contributed by atoms with Crippen molar-refractivity contribution in [2.45, 2.75) is 13.8 Å². The van der Waals surface area contributed by atoms with Crippen molar-refractivity contribution in [1.29, 1.82) is 0 Å². The zero-order valence-electron chi connectivity index (χ0n) is 9.13. The van der Waals surface area contributed by atoms with Crippen LogP contribution in [0.3, 0.4) is 0 Å². The van der Waals surface area contributed by atoms with Gasteiger partial charge < -0.3 is 9.97 Å². The zero-order valence-corrected chi connectivity index (χ0v) is 9.13. The van der Waals surface area contributed by atoms with Crippen molar-refractivity contribution in [2.24, 2.45) is 0 Å². The minimum atomic E-state index is -0.506. The molecular formula is C12H12N2O2. The number of rotatable bonds is 3. The molecule has 2 heterocycles. The van der Waals surface area contributed by atoms with Gasteiger partial charge in [0.05, 0.1) is 11.4 Å². The third-order valence-electron chi connectivity index (χ3n) is 2.57.